The summed E-state index contributed by atoms with van der Waals surface area (Å²) in [4.78, 5) is 15.4. The van der Waals surface area contributed by atoms with Crippen molar-refractivity contribution < 1.29 is 13.2 Å². The lowest BCUT2D eigenvalue weighted by molar-refractivity contribution is 0.0956. The van der Waals surface area contributed by atoms with Crippen LogP contribution in [-0.2, 0) is 10.0 Å². The van der Waals surface area contributed by atoms with Crippen LogP contribution in [0.4, 0.5) is 0 Å². The molecule has 0 atom stereocenters. The number of nitrogens with one attached hydrogen (secondary N) is 1. The predicted octanol–water partition coefficient (Wildman–Crippen LogP) is 1.01. The zero-order valence-electron chi connectivity index (χ0n) is 10.4. The minimum absolute atomic E-state index is 0.00307. The molecule has 0 fully saturated rings. The molecule has 1 amide bonds. The van der Waals surface area contributed by atoms with Crippen LogP contribution < -0.4 is 5.32 Å². The first-order valence-electron chi connectivity index (χ1n) is 5.24. The highest BCUT2D eigenvalue weighted by Gasteiger charge is 2.14. The lowest BCUT2D eigenvalue weighted by atomic mass is 10.2. The number of aromatic nitrogens is 1. The third-order valence-electron chi connectivity index (χ3n) is 2.23. The van der Waals surface area contributed by atoms with Gasteiger partial charge in [0.05, 0.1) is 5.75 Å². The SMILES string of the molecule is CN(C)S(=O)(=O)CCNC(=O)c1cc(Cl)nc(Cl)c1. The van der Waals surface area contributed by atoms with E-state index in [0.29, 0.717) is 0 Å². The number of sulfonamides is 1. The zero-order valence-corrected chi connectivity index (χ0v) is 12.7. The van der Waals surface area contributed by atoms with Crippen molar-refractivity contribution in [2.75, 3.05) is 26.4 Å². The van der Waals surface area contributed by atoms with Crippen molar-refractivity contribution in [3.8, 4) is 0 Å². The summed E-state index contributed by atoms with van der Waals surface area (Å²) >= 11 is 11.3. The Morgan fingerprint density at radius 1 is 1.32 bits per heavy atom. The number of carbonyl (C=O) groups is 1. The molecule has 1 aromatic rings. The van der Waals surface area contributed by atoms with Gasteiger partial charge in [-0.25, -0.2) is 17.7 Å². The Kier molecular flexibility index (Phi) is 5.54. The van der Waals surface area contributed by atoms with Gasteiger partial charge in [-0.1, -0.05) is 23.2 Å². The van der Waals surface area contributed by atoms with Gasteiger partial charge in [-0.2, -0.15) is 0 Å². The highest BCUT2D eigenvalue weighted by atomic mass is 35.5. The number of rotatable bonds is 5. The Morgan fingerprint density at radius 3 is 2.32 bits per heavy atom. The summed E-state index contributed by atoms with van der Waals surface area (Å²) in [5, 5.41) is 2.67. The number of carbonyl (C=O) groups excluding carboxylic acids is 1. The predicted molar refractivity (Wildman–Crippen MR) is 74.1 cm³/mol. The molecule has 6 nitrogen and oxygen atoms in total. The molecule has 0 aliphatic rings. The maximum Gasteiger partial charge on any atom is 0.251 e. The Labute approximate surface area is 121 Å². The summed E-state index contributed by atoms with van der Waals surface area (Å²) in [6.07, 6.45) is 0. The second-order valence-corrected chi connectivity index (χ2v) is 6.93. The van der Waals surface area contributed by atoms with E-state index in [2.05, 4.69) is 10.3 Å². The highest BCUT2D eigenvalue weighted by molar-refractivity contribution is 7.89. The summed E-state index contributed by atoms with van der Waals surface area (Å²) in [5.74, 6) is -0.640. The van der Waals surface area contributed by atoms with E-state index in [9.17, 15) is 13.2 Å². The van der Waals surface area contributed by atoms with Crippen LogP contribution in [0, 0.1) is 0 Å². The maximum absolute atomic E-state index is 11.7. The number of nitrogens with zero attached hydrogens (tertiary/aromatic N) is 2. The van der Waals surface area contributed by atoms with Gasteiger partial charge in [0.1, 0.15) is 10.3 Å². The van der Waals surface area contributed by atoms with E-state index in [-0.39, 0.29) is 28.2 Å². The normalized spacial score (nSPS) is 11.6. The first-order chi connectivity index (χ1) is 8.72. The zero-order chi connectivity index (χ0) is 14.6. The van der Waals surface area contributed by atoms with E-state index in [1.807, 2.05) is 0 Å². The van der Waals surface area contributed by atoms with Crippen molar-refractivity contribution in [1.29, 1.82) is 0 Å². The quantitative estimate of drug-likeness (QED) is 0.819. The Bertz CT molecular complexity index is 555. The number of amides is 1. The molecule has 0 aromatic carbocycles. The van der Waals surface area contributed by atoms with Gasteiger partial charge in [0.2, 0.25) is 10.0 Å². The molecule has 0 aliphatic heterocycles. The molecular formula is C10H13Cl2N3O3S. The lowest BCUT2D eigenvalue weighted by Crippen LogP contribution is -2.33. The van der Waals surface area contributed by atoms with Crippen molar-refractivity contribution >= 4 is 39.1 Å². The summed E-state index contributed by atoms with van der Waals surface area (Å²) in [5.41, 5.74) is 0.229. The fourth-order valence-corrected chi connectivity index (χ4v) is 2.36. The molecule has 0 radical (unpaired) electrons. The molecule has 19 heavy (non-hydrogen) atoms. The fourth-order valence-electron chi connectivity index (χ4n) is 1.17. The fraction of sp³-hybridized carbons (Fsp3) is 0.400. The molecule has 0 saturated heterocycles. The van der Waals surface area contributed by atoms with Crippen molar-refractivity contribution in [3.05, 3.63) is 28.0 Å². The van der Waals surface area contributed by atoms with Gasteiger partial charge >= 0.3 is 0 Å². The van der Waals surface area contributed by atoms with Gasteiger partial charge < -0.3 is 5.32 Å². The average Bonchev–Trinajstić information content (AvgIpc) is 2.27. The molecule has 0 saturated carbocycles. The standard InChI is InChI=1S/C10H13Cl2N3O3S/c1-15(2)19(17,18)4-3-13-10(16)7-5-8(11)14-9(12)6-7/h5-6H,3-4H2,1-2H3,(H,13,16). The molecule has 9 heteroatoms. The van der Waals surface area contributed by atoms with E-state index in [4.69, 9.17) is 23.2 Å². The van der Waals surface area contributed by atoms with Gasteiger partial charge in [0, 0.05) is 26.2 Å². The summed E-state index contributed by atoms with van der Waals surface area (Å²) < 4.78 is 24.1. The van der Waals surface area contributed by atoms with Crippen LogP contribution in [0.25, 0.3) is 0 Å². The molecule has 0 bridgehead atoms. The topological polar surface area (TPSA) is 79.4 Å². The second kappa shape index (κ2) is 6.51. The van der Waals surface area contributed by atoms with Gasteiger partial charge in [-0.3, -0.25) is 4.79 Å². The molecule has 0 spiro atoms. The van der Waals surface area contributed by atoms with Crippen LogP contribution >= 0.6 is 23.2 Å². The van der Waals surface area contributed by atoms with Gasteiger partial charge in [-0.15, -0.1) is 0 Å². The molecule has 1 N–H and O–H groups in total. The number of pyridine rings is 1. The first-order valence-corrected chi connectivity index (χ1v) is 7.60. The van der Waals surface area contributed by atoms with Crippen LogP contribution in [0.3, 0.4) is 0 Å². The van der Waals surface area contributed by atoms with E-state index < -0.39 is 15.9 Å². The maximum atomic E-state index is 11.7. The molecule has 0 aliphatic carbocycles. The Morgan fingerprint density at radius 2 is 1.84 bits per heavy atom. The molecular weight excluding hydrogens is 313 g/mol. The van der Waals surface area contributed by atoms with Crippen molar-refractivity contribution in [2.24, 2.45) is 0 Å². The summed E-state index contributed by atoms with van der Waals surface area (Å²) in [6.45, 7) is -0.00307. The van der Waals surface area contributed by atoms with Crippen LogP contribution in [0.5, 0.6) is 0 Å². The monoisotopic (exact) mass is 325 g/mol. The first kappa shape index (κ1) is 16.2. The molecule has 106 valence electrons. The minimum atomic E-state index is -3.34. The van der Waals surface area contributed by atoms with Crippen LogP contribution in [0.1, 0.15) is 10.4 Å². The summed E-state index contributed by atoms with van der Waals surface area (Å²) in [7, 11) is -0.478. The number of hydrogen-bond donors (Lipinski definition) is 1. The molecule has 0 unspecified atom stereocenters. The highest BCUT2D eigenvalue weighted by Crippen LogP contribution is 2.14. The van der Waals surface area contributed by atoms with Crippen LogP contribution in [0.15, 0.2) is 12.1 Å². The van der Waals surface area contributed by atoms with E-state index >= 15 is 0 Å². The molecule has 1 aromatic heterocycles. The number of hydrogen-bond acceptors (Lipinski definition) is 4. The van der Waals surface area contributed by atoms with Gasteiger partial charge in [0.15, 0.2) is 0 Å². The Balaban J connectivity index is 2.62. The van der Waals surface area contributed by atoms with Crippen molar-refractivity contribution in [1.82, 2.24) is 14.6 Å². The number of halogens is 2. The van der Waals surface area contributed by atoms with Crippen molar-refractivity contribution in [3.63, 3.8) is 0 Å². The second-order valence-electron chi connectivity index (χ2n) is 3.86. The minimum Gasteiger partial charge on any atom is -0.351 e. The van der Waals surface area contributed by atoms with Crippen LogP contribution in [0.2, 0.25) is 10.3 Å². The van der Waals surface area contributed by atoms with Crippen molar-refractivity contribution in [2.45, 2.75) is 0 Å². The molecule has 1 heterocycles. The van der Waals surface area contributed by atoms with E-state index in [1.54, 1.807) is 0 Å². The van der Waals surface area contributed by atoms with E-state index in [1.165, 1.54) is 26.2 Å². The Hall–Kier alpha value is -0.890. The van der Waals surface area contributed by atoms with Crippen LogP contribution in [-0.4, -0.2) is 50.0 Å². The molecule has 1 rings (SSSR count). The lowest BCUT2D eigenvalue weighted by Gasteiger charge is -2.11. The largest absolute Gasteiger partial charge is 0.351 e. The summed E-state index contributed by atoms with van der Waals surface area (Å²) in [6, 6.07) is 2.70. The third kappa shape index (κ3) is 4.94. The van der Waals surface area contributed by atoms with E-state index in [0.717, 1.165) is 4.31 Å². The average molecular weight is 326 g/mol. The van der Waals surface area contributed by atoms with Gasteiger partial charge in [0.25, 0.3) is 5.91 Å². The third-order valence-corrected chi connectivity index (χ3v) is 4.45. The van der Waals surface area contributed by atoms with Gasteiger partial charge in [-0.05, 0) is 12.1 Å². The smallest absolute Gasteiger partial charge is 0.251 e.